The predicted molar refractivity (Wildman–Crippen MR) is 137 cm³/mol. The first-order chi connectivity index (χ1) is 15.9. The van der Waals surface area contributed by atoms with Gasteiger partial charge < -0.3 is 15.1 Å². The van der Waals surface area contributed by atoms with E-state index in [9.17, 15) is 9.59 Å². The Morgan fingerprint density at radius 2 is 1.73 bits per heavy atom. The average molecular weight is 450 g/mol. The molecule has 5 nitrogen and oxygen atoms in total. The molecule has 178 valence electrons. The first kappa shape index (κ1) is 24.8. The molecular weight excluding hydrogens is 410 g/mol. The van der Waals surface area contributed by atoms with E-state index in [0.29, 0.717) is 13.1 Å². The summed E-state index contributed by atoms with van der Waals surface area (Å²) in [6.07, 6.45) is 5.89. The van der Waals surface area contributed by atoms with Crippen LogP contribution in [0, 0.1) is 5.92 Å². The van der Waals surface area contributed by atoms with Crippen molar-refractivity contribution in [3.8, 4) is 0 Å². The van der Waals surface area contributed by atoms with Crippen molar-refractivity contribution in [2.45, 2.75) is 64.8 Å². The second kappa shape index (κ2) is 11.9. The summed E-state index contributed by atoms with van der Waals surface area (Å²) in [7, 11) is 4.03. The molecule has 3 rings (SSSR count). The van der Waals surface area contributed by atoms with Gasteiger partial charge in [0, 0.05) is 44.5 Å². The molecule has 2 aromatic carbocycles. The maximum atomic E-state index is 13.6. The summed E-state index contributed by atoms with van der Waals surface area (Å²) in [5.41, 5.74) is 3.99. The van der Waals surface area contributed by atoms with Gasteiger partial charge in [0.2, 0.25) is 11.8 Å². The summed E-state index contributed by atoms with van der Waals surface area (Å²) in [6, 6.07) is 16.1. The Labute approximate surface area is 199 Å². The van der Waals surface area contributed by atoms with Crippen molar-refractivity contribution in [3.63, 3.8) is 0 Å². The van der Waals surface area contributed by atoms with Gasteiger partial charge in [-0.25, -0.2) is 0 Å². The number of benzene rings is 2. The molecule has 0 unspecified atom stereocenters. The highest BCUT2D eigenvalue weighted by Gasteiger charge is 2.26. The molecule has 1 aliphatic carbocycles. The maximum absolute atomic E-state index is 13.6. The smallest absolute Gasteiger partial charge is 0.230 e. The second-order valence-corrected chi connectivity index (χ2v) is 9.34. The number of amides is 2. The van der Waals surface area contributed by atoms with Crippen molar-refractivity contribution < 1.29 is 9.59 Å². The molecule has 0 saturated heterocycles. The number of anilines is 2. The third-order valence-electron chi connectivity index (χ3n) is 6.63. The zero-order valence-electron chi connectivity index (χ0n) is 20.6. The lowest BCUT2D eigenvalue weighted by Crippen LogP contribution is -2.35. The van der Waals surface area contributed by atoms with Gasteiger partial charge in [0.25, 0.3) is 0 Å². The van der Waals surface area contributed by atoms with Crippen LogP contribution in [-0.4, -0.2) is 37.4 Å². The van der Waals surface area contributed by atoms with E-state index >= 15 is 0 Å². The lowest BCUT2D eigenvalue weighted by atomic mass is 9.94. The van der Waals surface area contributed by atoms with Crippen molar-refractivity contribution in [3.05, 3.63) is 59.7 Å². The SMILES string of the molecule is CCCN(Cc1cc(NC(=O)C2CCCC2)ccc1N(C)C)C(=O)[C@H](CC)c1ccccc1. The zero-order chi connectivity index (χ0) is 23.8. The van der Waals surface area contributed by atoms with Crippen LogP contribution in [0.3, 0.4) is 0 Å². The van der Waals surface area contributed by atoms with E-state index in [1.165, 1.54) is 0 Å². The van der Waals surface area contributed by atoms with Crippen LogP contribution in [-0.2, 0) is 16.1 Å². The van der Waals surface area contributed by atoms with E-state index < -0.39 is 0 Å². The lowest BCUT2D eigenvalue weighted by Gasteiger charge is -2.29. The molecule has 0 aromatic heterocycles. The topological polar surface area (TPSA) is 52.7 Å². The number of nitrogens with one attached hydrogen (secondary N) is 1. The number of carbonyl (C=O) groups excluding carboxylic acids is 2. The highest BCUT2D eigenvalue weighted by atomic mass is 16.2. The largest absolute Gasteiger partial charge is 0.377 e. The molecule has 1 aliphatic rings. The summed E-state index contributed by atoms with van der Waals surface area (Å²) >= 11 is 0. The van der Waals surface area contributed by atoms with Gasteiger partial charge in [-0.15, -0.1) is 0 Å². The molecule has 0 bridgehead atoms. The van der Waals surface area contributed by atoms with Gasteiger partial charge in [-0.2, -0.15) is 0 Å². The van der Waals surface area contributed by atoms with E-state index in [0.717, 1.165) is 61.0 Å². The number of hydrogen-bond acceptors (Lipinski definition) is 3. The minimum Gasteiger partial charge on any atom is -0.377 e. The molecule has 0 radical (unpaired) electrons. The fraction of sp³-hybridized carbons (Fsp3) is 0.500. The summed E-state index contributed by atoms with van der Waals surface area (Å²) in [5.74, 6) is 0.255. The Morgan fingerprint density at radius 3 is 2.33 bits per heavy atom. The Morgan fingerprint density at radius 1 is 1.03 bits per heavy atom. The van der Waals surface area contributed by atoms with Crippen LogP contribution in [0.5, 0.6) is 0 Å². The van der Waals surface area contributed by atoms with E-state index in [1.807, 2.05) is 67.5 Å². The van der Waals surface area contributed by atoms with Crippen LogP contribution < -0.4 is 10.2 Å². The molecule has 1 saturated carbocycles. The van der Waals surface area contributed by atoms with Gasteiger partial charge in [0.1, 0.15) is 0 Å². The minimum atomic E-state index is -0.147. The molecular formula is C28H39N3O2. The number of hydrogen-bond donors (Lipinski definition) is 1. The highest BCUT2D eigenvalue weighted by molar-refractivity contribution is 5.93. The highest BCUT2D eigenvalue weighted by Crippen LogP contribution is 2.30. The average Bonchev–Trinajstić information content (AvgIpc) is 3.35. The molecule has 2 aromatic rings. The molecule has 1 atom stereocenters. The maximum Gasteiger partial charge on any atom is 0.230 e. The minimum absolute atomic E-state index is 0.118. The molecule has 0 spiro atoms. The molecule has 1 fully saturated rings. The van der Waals surface area contributed by atoms with Gasteiger partial charge in [0.15, 0.2) is 0 Å². The van der Waals surface area contributed by atoms with Gasteiger partial charge >= 0.3 is 0 Å². The number of rotatable bonds is 10. The fourth-order valence-corrected chi connectivity index (χ4v) is 4.86. The van der Waals surface area contributed by atoms with E-state index in [-0.39, 0.29) is 23.7 Å². The summed E-state index contributed by atoms with van der Waals surface area (Å²) in [4.78, 5) is 30.4. The molecule has 33 heavy (non-hydrogen) atoms. The van der Waals surface area contributed by atoms with Gasteiger partial charge in [-0.1, -0.05) is 57.0 Å². The molecule has 5 heteroatoms. The van der Waals surface area contributed by atoms with Crippen LogP contribution >= 0.6 is 0 Å². The fourth-order valence-electron chi connectivity index (χ4n) is 4.86. The molecule has 2 amide bonds. The zero-order valence-corrected chi connectivity index (χ0v) is 20.6. The van der Waals surface area contributed by atoms with Crippen molar-refractivity contribution in [1.82, 2.24) is 4.90 Å². The monoisotopic (exact) mass is 449 g/mol. The van der Waals surface area contributed by atoms with E-state index in [2.05, 4.69) is 24.1 Å². The third kappa shape index (κ3) is 6.37. The van der Waals surface area contributed by atoms with E-state index in [4.69, 9.17) is 0 Å². The number of carbonyl (C=O) groups is 2. The van der Waals surface area contributed by atoms with Crippen molar-refractivity contribution in [2.75, 3.05) is 30.9 Å². The lowest BCUT2D eigenvalue weighted by molar-refractivity contribution is -0.133. The van der Waals surface area contributed by atoms with Crippen LogP contribution in [0.4, 0.5) is 11.4 Å². The Kier molecular flexibility index (Phi) is 8.93. The van der Waals surface area contributed by atoms with Crippen LogP contribution in [0.25, 0.3) is 0 Å². The standard InChI is InChI=1S/C28H39N3O2/c1-5-18-31(28(33)25(6-2)21-12-8-7-9-13-21)20-23-19-24(16-17-26(23)30(3)4)29-27(32)22-14-10-11-15-22/h7-9,12-13,16-17,19,22,25H,5-6,10-11,14-15,18,20H2,1-4H3,(H,29,32)/t25-/m1/s1. The normalized spacial score (nSPS) is 14.7. The van der Waals surface area contributed by atoms with Gasteiger partial charge in [0.05, 0.1) is 5.92 Å². The van der Waals surface area contributed by atoms with Crippen molar-refractivity contribution >= 4 is 23.2 Å². The predicted octanol–water partition coefficient (Wildman–Crippen LogP) is 5.81. The van der Waals surface area contributed by atoms with Crippen LogP contribution in [0.2, 0.25) is 0 Å². The Bertz CT molecular complexity index is 920. The van der Waals surface area contributed by atoms with Crippen LogP contribution in [0.15, 0.2) is 48.5 Å². The van der Waals surface area contributed by atoms with Crippen molar-refractivity contribution in [1.29, 1.82) is 0 Å². The summed E-state index contributed by atoms with van der Waals surface area (Å²) in [6.45, 7) is 5.41. The van der Waals surface area contributed by atoms with Crippen LogP contribution in [0.1, 0.15) is 69.4 Å². The first-order valence-corrected chi connectivity index (χ1v) is 12.4. The summed E-state index contributed by atoms with van der Waals surface area (Å²) in [5, 5.41) is 3.12. The molecule has 0 heterocycles. The summed E-state index contributed by atoms with van der Waals surface area (Å²) < 4.78 is 0. The quantitative estimate of drug-likeness (QED) is 0.498. The van der Waals surface area contributed by atoms with Gasteiger partial charge in [-0.05, 0) is 55.0 Å². The third-order valence-corrected chi connectivity index (χ3v) is 6.63. The second-order valence-electron chi connectivity index (χ2n) is 9.34. The molecule has 0 aliphatic heterocycles. The van der Waals surface area contributed by atoms with E-state index in [1.54, 1.807) is 0 Å². The van der Waals surface area contributed by atoms with Crippen molar-refractivity contribution in [2.24, 2.45) is 5.92 Å². The Balaban J connectivity index is 1.84. The number of nitrogens with zero attached hydrogens (tertiary/aromatic N) is 2. The first-order valence-electron chi connectivity index (χ1n) is 12.4. The molecule has 1 N–H and O–H groups in total. The Hall–Kier alpha value is -2.82. The van der Waals surface area contributed by atoms with Gasteiger partial charge in [-0.3, -0.25) is 9.59 Å².